The highest BCUT2D eigenvalue weighted by atomic mass is 16.1. The van der Waals surface area contributed by atoms with Crippen LogP contribution in [0.3, 0.4) is 0 Å². The molecule has 1 aliphatic rings. The van der Waals surface area contributed by atoms with Crippen LogP contribution in [0.25, 0.3) is 5.69 Å². The molecule has 2 N–H and O–H groups in total. The SMILES string of the molecule is NCC1(C(=O)c2ccnn2-c2ccccc2)CCCCC1. The minimum atomic E-state index is -0.398. The average Bonchev–Trinajstić information content (AvgIpc) is 3.05. The summed E-state index contributed by atoms with van der Waals surface area (Å²) in [5, 5.41) is 4.32. The molecule has 0 radical (unpaired) electrons. The normalized spacial score (nSPS) is 17.6. The van der Waals surface area contributed by atoms with E-state index >= 15 is 0 Å². The number of aromatic nitrogens is 2. The lowest BCUT2D eigenvalue weighted by atomic mass is 9.70. The number of carbonyl (C=O) groups excluding carboxylic acids is 1. The van der Waals surface area contributed by atoms with Crippen molar-refractivity contribution < 1.29 is 4.79 Å². The quantitative estimate of drug-likeness (QED) is 0.877. The number of nitrogens with zero attached hydrogens (tertiary/aromatic N) is 2. The van der Waals surface area contributed by atoms with Crippen LogP contribution in [0.2, 0.25) is 0 Å². The second kappa shape index (κ2) is 5.82. The second-order valence-electron chi connectivity index (χ2n) is 5.84. The topological polar surface area (TPSA) is 60.9 Å². The van der Waals surface area contributed by atoms with Gasteiger partial charge in [0.05, 0.1) is 11.9 Å². The Morgan fingerprint density at radius 2 is 1.86 bits per heavy atom. The predicted molar refractivity (Wildman–Crippen MR) is 82.5 cm³/mol. The number of para-hydroxylation sites is 1. The molecule has 1 aromatic carbocycles. The highest BCUT2D eigenvalue weighted by Crippen LogP contribution is 2.38. The zero-order valence-corrected chi connectivity index (χ0v) is 12.2. The van der Waals surface area contributed by atoms with Crippen molar-refractivity contribution in [2.45, 2.75) is 32.1 Å². The largest absolute Gasteiger partial charge is 0.329 e. The summed E-state index contributed by atoms with van der Waals surface area (Å²) in [6.07, 6.45) is 6.84. The molecule has 1 aliphatic carbocycles. The molecule has 1 saturated carbocycles. The van der Waals surface area contributed by atoms with E-state index in [2.05, 4.69) is 5.10 Å². The van der Waals surface area contributed by atoms with Crippen molar-refractivity contribution in [2.75, 3.05) is 6.54 Å². The van der Waals surface area contributed by atoms with Crippen LogP contribution in [0.1, 0.15) is 42.6 Å². The van der Waals surface area contributed by atoms with Gasteiger partial charge in [0, 0.05) is 12.0 Å². The van der Waals surface area contributed by atoms with E-state index in [-0.39, 0.29) is 5.78 Å². The molecule has 3 rings (SSSR count). The maximum atomic E-state index is 13.1. The van der Waals surface area contributed by atoms with E-state index in [0.29, 0.717) is 12.2 Å². The molecule has 0 bridgehead atoms. The number of benzene rings is 1. The summed E-state index contributed by atoms with van der Waals surface area (Å²) in [5.41, 5.74) is 7.14. The van der Waals surface area contributed by atoms with Gasteiger partial charge >= 0.3 is 0 Å². The fraction of sp³-hybridized carbons (Fsp3) is 0.412. The van der Waals surface area contributed by atoms with Crippen LogP contribution in [0, 0.1) is 5.41 Å². The van der Waals surface area contributed by atoms with E-state index in [1.165, 1.54) is 6.42 Å². The van der Waals surface area contributed by atoms with Gasteiger partial charge in [0.15, 0.2) is 5.78 Å². The third-order valence-corrected chi connectivity index (χ3v) is 4.56. The molecule has 0 atom stereocenters. The van der Waals surface area contributed by atoms with Crippen LogP contribution >= 0.6 is 0 Å². The van der Waals surface area contributed by atoms with Gasteiger partial charge in [-0.15, -0.1) is 0 Å². The van der Waals surface area contributed by atoms with Crippen molar-refractivity contribution in [3.8, 4) is 5.69 Å². The molecule has 1 heterocycles. The van der Waals surface area contributed by atoms with E-state index in [1.54, 1.807) is 16.9 Å². The molecule has 1 aromatic heterocycles. The first-order valence-electron chi connectivity index (χ1n) is 7.61. The minimum absolute atomic E-state index is 0.144. The highest BCUT2D eigenvalue weighted by molar-refractivity contribution is 5.99. The van der Waals surface area contributed by atoms with Gasteiger partial charge in [-0.3, -0.25) is 4.79 Å². The van der Waals surface area contributed by atoms with Crippen LogP contribution in [0.5, 0.6) is 0 Å². The third-order valence-electron chi connectivity index (χ3n) is 4.56. The van der Waals surface area contributed by atoms with Gasteiger partial charge in [-0.05, 0) is 31.0 Å². The minimum Gasteiger partial charge on any atom is -0.329 e. The zero-order valence-electron chi connectivity index (χ0n) is 12.2. The molecular formula is C17H21N3O. The lowest BCUT2D eigenvalue weighted by molar-refractivity contribution is 0.0720. The van der Waals surface area contributed by atoms with Gasteiger partial charge in [-0.2, -0.15) is 5.10 Å². The molecule has 4 nitrogen and oxygen atoms in total. The molecule has 0 amide bonds. The number of carbonyl (C=O) groups is 1. The first kappa shape index (κ1) is 14.0. The number of rotatable bonds is 4. The summed E-state index contributed by atoms with van der Waals surface area (Å²) in [7, 11) is 0. The average molecular weight is 283 g/mol. The molecule has 0 aliphatic heterocycles. The van der Waals surface area contributed by atoms with Crippen LogP contribution in [0.4, 0.5) is 0 Å². The summed E-state index contributed by atoms with van der Waals surface area (Å²) >= 11 is 0. The van der Waals surface area contributed by atoms with Crippen molar-refractivity contribution in [3.05, 3.63) is 48.3 Å². The van der Waals surface area contributed by atoms with Gasteiger partial charge in [-0.1, -0.05) is 37.5 Å². The van der Waals surface area contributed by atoms with Crippen LogP contribution in [-0.4, -0.2) is 22.1 Å². The summed E-state index contributed by atoms with van der Waals surface area (Å²) in [5.74, 6) is 0.144. The summed E-state index contributed by atoms with van der Waals surface area (Å²) in [6, 6.07) is 11.6. The van der Waals surface area contributed by atoms with E-state index in [4.69, 9.17) is 5.73 Å². The van der Waals surface area contributed by atoms with E-state index in [0.717, 1.165) is 31.4 Å². The van der Waals surface area contributed by atoms with Crippen molar-refractivity contribution in [3.63, 3.8) is 0 Å². The standard InChI is InChI=1S/C17H21N3O/c18-13-17(10-5-2-6-11-17)16(21)15-9-12-19-20(15)14-7-3-1-4-8-14/h1,3-4,7-9,12H,2,5-6,10-11,13,18H2. The summed E-state index contributed by atoms with van der Waals surface area (Å²) in [6.45, 7) is 0.422. The maximum absolute atomic E-state index is 13.1. The molecule has 110 valence electrons. The summed E-state index contributed by atoms with van der Waals surface area (Å²) < 4.78 is 1.73. The number of hydrogen-bond acceptors (Lipinski definition) is 3. The molecule has 0 unspecified atom stereocenters. The maximum Gasteiger partial charge on any atom is 0.188 e. The predicted octanol–water partition coefficient (Wildman–Crippen LogP) is 2.96. The molecule has 1 fully saturated rings. The number of Topliss-reactive ketones (excluding diaryl/α,β-unsaturated/α-hetero) is 1. The van der Waals surface area contributed by atoms with Crippen LogP contribution in [0.15, 0.2) is 42.6 Å². The van der Waals surface area contributed by atoms with Crippen molar-refractivity contribution in [1.82, 2.24) is 9.78 Å². The zero-order chi connectivity index (χ0) is 14.7. The van der Waals surface area contributed by atoms with Crippen LogP contribution < -0.4 is 5.73 Å². The Labute approximate surface area is 125 Å². The number of hydrogen-bond donors (Lipinski definition) is 1. The third kappa shape index (κ3) is 2.51. The van der Waals surface area contributed by atoms with Crippen molar-refractivity contribution >= 4 is 5.78 Å². The Bertz CT molecular complexity index is 612. The molecule has 21 heavy (non-hydrogen) atoms. The lowest BCUT2D eigenvalue weighted by Gasteiger charge is -2.34. The number of nitrogens with two attached hydrogens (primary N) is 1. The van der Waals surface area contributed by atoms with Crippen LogP contribution in [-0.2, 0) is 0 Å². The Hall–Kier alpha value is -1.94. The molecule has 4 heteroatoms. The number of ketones is 1. The first-order chi connectivity index (χ1) is 10.3. The van der Waals surface area contributed by atoms with Crippen molar-refractivity contribution in [2.24, 2.45) is 11.1 Å². The van der Waals surface area contributed by atoms with Gasteiger partial charge in [-0.25, -0.2) is 4.68 Å². The molecular weight excluding hydrogens is 262 g/mol. The highest BCUT2D eigenvalue weighted by Gasteiger charge is 2.40. The fourth-order valence-electron chi connectivity index (χ4n) is 3.27. The smallest absolute Gasteiger partial charge is 0.188 e. The molecule has 0 spiro atoms. The van der Waals surface area contributed by atoms with Gasteiger partial charge < -0.3 is 5.73 Å². The summed E-state index contributed by atoms with van der Waals surface area (Å²) in [4.78, 5) is 13.1. The van der Waals surface area contributed by atoms with Gasteiger partial charge in [0.1, 0.15) is 5.69 Å². The Morgan fingerprint density at radius 1 is 1.14 bits per heavy atom. The van der Waals surface area contributed by atoms with E-state index in [1.807, 2.05) is 30.3 Å². The lowest BCUT2D eigenvalue weighted by Crippen LogP contribution is -2.41. The molecule has 0 saturated heterocycles. The monoisotopic (exact) mass is 283 g/mol. The molecule has 2 aromatic rings. The van der Waals surface area contributed by atoms with E-state index in [9.17, 15) is 4.79 Å². The Balaban J connectivity index is 1.97. The second-order valence-corrected chi connectivity index (χ2v) is 5.84. The van der Waals surface area contributed by atoms with Crippen molar-refractivity contribution in [1.29, 1.82) is 0 Å². The Kier molecular flexibility index (Phi) is 3.88. The van der Waals surface area contributed by atoms with Gasteiger partial charge in [0.25, 0.3) is 0 Å². The van der Waals surface area contributed by atoms with Gasteiger partial charge in [0.2, 0.25) is 0 Å². The first-order valence-corrected chi connectivity index (χ1v) is 7.61. The fourth-order valence-corrected chi connectivity index (χ4v) is 3.27. The Morgan fingerprint density at radius 3 is 2.52 bits per heavy atom. The van der Waals surface area contributed by atoms with E-state index < -0.39 is 5.41 Å².